The van der Waals surface area contributed by atoms with Crippen molar-refractivity contribution in [3.63, 3.8) is 0 Å². The second kappa shape index (κ2) is 3.38. The molecule has 2 atom stereocenters. The first kappa shape index (κ1) is 10.1. The van der Waals surface area contributed by atoms with Crippen molar-refractivity contribution in [1.29, 1.82) is 0 Å². The highest BCUT2D eigenvalue weighted by molar-refractivity contribution is 9.11. The quantitative estimate of drug-likeness (QED) is 0.695. The smallest absolute Gasteiger partial charge is 0.388 e. The van der Waals surface area contributed by atoms with Crippen LogP contribution in [-0.4, -0.2) is 17.4 Å². The van der Waals surface area contributed by atoms with Crippen LogP contribution in [0.3, 0.4) is 0 Å². The fraction of sp³-hybridized carbons (Fsp3) is 0.714. The summed E-state index contributed by atoms with van der Waals surface area (Å²) >= 11 is 2.99. The molecule has 0 spiro atoms. The van der Waals surface area contributed by atoms with Crippen LogP contribution in [0.25, 0.3) is 0 Å². The minimum absolute atomic E-state index is 0.0405. The molecule has 1 N–H and O–H groups in total. The van der Waals surface area contributed by atoms with Crippen molar-refractivity contribution in [3.05, 3.63) is 10.6 Å². The molecule has 0 aromatic heterocycles. The van der Waals surface area contributed by atoms with Gasteiger partial charge in [-0.1, -0.05) is 22.0 Å². The van der Waals surface area contributed by atoms with Gasteiger partial charge in [0, 0.05) is 4.48 Å². The first-order chi connectivity index (χ1) is 5.41. The standard InChI is InChI=1S/C7H8BrF3O/c8-5-2-1-4(3-6(5)12)7(9,10)11/h2,4,6,12H,1,3H2/t4-,6+/m1/s1. The van der Waals surface area contributed by atoms with Gasteiger partial charge in [0.15, 0.2) is 0 Å². The molecule has 0 fully saturated rings. The summed E-state index contributed by atoms with van der Waals surface area (Å²) in [6.45, 7) is 0. The van der Waals surface area contributed by atoms with Crippen LogP contribution in [-0.2, 0) is 0 Å². The van der Waals surface area contributed by atoms with Crippen molar-refractivity contribution in [1.82, 2.24) is 0 Å². The van der Waals surface area contributed by atoms with Crippen LogP contribution in [0.1, 0.15) is 12.8 Å². The van der Waals surface area contributed by atoms with E-state index < -0.39 is 18.2 Å². The normalized spacial score (nSPS) is 31.6. The van der Waals surface area contributed by atoms with Crippen LogP contribution in [0.5, 0.6) is 0 Å². The lowest BCUT2D eigenvalue weighted by atomic mass is 9.92. The Labute approximate surface area is 76.4 Å². The number of aliphatic hydroxyl groups excluding tert-OH is 1. The van der Waals surface area contributed by atoms with E-state index in [0.29, 0.717) is 4.48 Å². The van der Waals surface area contributed by atoms with Crippen molar-refractivity contribution in [3.8, 4) is 0 Å². The van der Waals surface area contributed by atoms with Gasteiger partial charge in [-0.15, -0.1) is 0 Å². The van der Waals surface area contributed by atoms with E-state index in [-0.39, 0.29) is 12.8 Å². The van der Waals surface area contributed by atoms with Gasteiger partial charge in [-0.3, -0.25) is 0 Å². The zero-order valence-electron chi connectivity index (χ0n) is 6.11. The van der Waals surface area contributed by atoms with E-state index in [1.807, 2.05) is 0 Å². The average Bonchev–Trinajstić information content (AvgIpc) is 1.92. The summed E-state index contributed by atoms with van der Waals surface area (Å²) in [6.07, 6.45) is -4.08. The number of aliphatic hydroxyl groups is 1. The average molecular weight is 245 g/mol. The summed E-state index contributed by atoms with van der Waals surface area (Å²) < 4.78 is 36.7. The number of hydrogen-bond donors (Lipinski definition) is 1. The number of allylic oxidation sites excluding steroid dienone is 1. The molecule has 0 aliphatic heterocycles. The van der Waals surface area contributed by atoms with Crippen LogP contribution in [0.2, 0.25) is 0 Å². The van der Waals surface area contributed by atoms with E-state index in [4.69, 9.17) is 5.11 Å². The van der Waals surface area contributed by atoms with Gasteiger partial charge < -0.3 is 5.11 Å². The second-order valence-electron chi connectivity index (χ2n) is 2.81. The maximum Gasteiger partial charge on any atom is 0.392 e. The molecule has 1 rings (SSSR count). The molecule has 1 nitrogen and oxygen atoms in total. The van der Waals surface area contributed by atoms with E-state index >= 15 is 0 Å². The first-order valence-electron chi connectivity index (χ1n) is 3.51. The summed E-state index contributed by atoms with van der Waals surface area (Å²) in [6, 6.07) is 0. The van der Waals surface area contributed by atoms with Crippen LogP contribution in [0.4, 0.5) is 13.2 Å². The largest absolute Gasteiger partial charge is 0.392 e. The Morgan fingerprint density at radius 1 is 1.50 bits per heavy atom. The first-order valence-corrected chi connectivity index (χ1v) is 4.31. The van der Waals surface area contributed by atoms with Gasteiger partial charge in [-0.2, -0.15) is 13.2 Å². The molecule has 0 aromatic carbocycles. The van der Waals surface area contributed by atoms with Gasteiger partial charge in [0.1, 0.15) is 0 Å². The molecule has 0 aromatic rings. The Morgan fingerprint density at radius 2 is 2.08 bits per heavy atom. The van der Waals surface area contributed by atoms with E-state index in [1.165, 1.54) is 6.08 Å². The van der Waals surface area contributed by atoms with E-state index in [0.717, 1.165) is 0 Å². The summed E-state index contributed by atoms with van der Waals surface area (Å²) in [5, 5.41) is 9.10. The Balaban J connectivity index is 2.65. The molecule has 0 heterocycles. The summed E-state index contributed by atoms with van der Waals surface area (Å²) in [4.78, 5) is 0. The summed E-state index contributed by atoms with van der Waals surface area (Å²) in [5.74, 6) is -1.39. The van der Waals surface area contributed by atoms with E-state index in [1.54, 1.807) is 0 Å². The lowest BCUT2D eigenvalue weighted by molar-refractivity contribution is -0.180. The van der Waals surface area contributed by atoms with Gasteiger partial charge in [0.2, 0.25) is 0 Å². The second-order valence-corrected chi connectivity index (χ2v) is 3.73. The van der Waals surface area contributed by atoms with Gasteiger partial charge in [-0.25, -0.2) is 0 Å². The van der Waals surface area contributed by atoms with Gasteiger partial charge in [0.05, 0.1) is 12.0 Å². The zero-order chi connectivity index (χ0) is 9.35. The molecule has 0 unspecified atom stereocenters. The molecule has 70 valence electrons. The van der Waals surface area contributed by atoms with E-state index in [2.05, 4.69) is 15.9 Å². The van der Waals surface area contributed by atoms with Gasteiger partial charge >= 0.3 is 6.18 Å². The number of rotatable bonds is 0. The Kier molecular flexibility index (Phi) is 2.83. The maximum absolute atomic E-state index is 12.1. The van der Waals surface area contributed by atoms with Crippen molar-refractivity contribution >= 4 is 15.9 Å². The molecule has 0 bridgehead atoms. The fourth-order valence-corrected chi connectivity index (χ4v) is 1.51. The zero-order valence-corrected chi connectivity index (χ0v) is 7.69. The maximum atomic E-state index is 12.1. The number of hydrogen-bond acceptors (Lipinski definition) is 1. The summed E-state index contributed by atoms with van der Waals surface area (Å²) in [7, 11) is 0. The minimum Gasteiger partial charge on any atom is -0.388 e. The molecule has 1 aliphatic rings. The molecule has 1 aliphatic carbocycles. The van der Waals surface area contributed by atoms with Crippen LogP contribution in [0.15, 0.2) is 10.6 Å². The summed E-state index contributed by atoms with van der Waals surface area (Å²) in [5.41, 5.74) is 0. The highest BCUT2D eigenvalue weighted by atomic mass is 79.9. The molecule has 0 saturated carbocycles. The predicted octanol–water partition coefficient (Wildman–Crippen LogP) is 2.60. The van der Waals surface area contributed by atoms with Crippen LogP contribution in [0, 0.1) is 5.92 Å². The third kappa shape index (κ3) is 2.23. The lowest BCUT2D eigenvalue weighted by Crippen LogP contribution is -2.29. The Bertz CT molecular complexity index is 199. The topological polar surface area (TPSA) is 20.2 Å². The molecule has 0 amide bonds. The third-order valence-electron chi connectivity index (χ3n) is 1.89. The SMILES string of the molecule is O[C@H]1C[C@H](C(F)(F)F)CC=C1Br. The predicted molar refractivity (Wildman–Crippen MR) is 41.8 cm³/mol. The van der Waals surface area contributed by atoms with Crippen LogP contribution >= 0.6 is 15.9 Å². The van der Waals surface area contributed by atoms with Gasteiger partial charge in [-0.05, 0) is 12.8 Å². The molecule has 5 heteroatoms. The highest BCUT2D eigenvalue weighted by Crippen LogP contribution is 2.38. The van der Waals surface area contributed by atoms with E-state index in [9.17, 15) is 13.2 Å². The van der Waals surface area contributed by atoms with Crippen LogP contribution < -0.4 is 0 Å². The van der Waals surface area contributed by atoms with Crippen molar-refractivity contribution in [2.75, 3.05) is 0 Å². The number of halogens is 4. The fourth-order valence-electron chi connectivity index (χ4n) is 1.14. The highest BCUT2D eigenvalue weighted by Gasteiger charge is 2.41. The van der Waals surface area contributed by atoms with Gasteiger partial charge in [0.25, 0.3) is 0 Å². The molecular weight excluding hydrogens is 237 g/mol. The number of alkyl halides is 3. The molecule has 12 heavy (non-hydrogen) atoms. The Morgan fingerprint density at radius 3 is 2.50 bits per heavy atom. The van der Waals surface area contributed by atoms with Crippen molar-refractivity contribution in [2.45, 2.75) is 25.1 Å². The lowest BCUT2D eigenvalue weighted by Gasteiger charge is -2.25. The molecular formula is C7H8BrF3O. The minimum atomic E-state index is -4.19. The monoisotopic (exact) mass is 244 g/mol. The van der Waals surface area contributed by atoms with Crippen molar-refractivity contribution < 1.29 is 18.3 Å². The molecule has 0 saturated heterocycles. The molecule has 0 radical (unpaired) electrons. The van der Waals surface area contributed by atoms with Crippen molar-refractivity contribution in [2.24, 2.45) is 5.92 Å². The Hall–Kier alpha value is -0.0300. The third-order valence-corrected chi connectivity index (χ3v) is 2.74.